The van der Waals surface area contributed by atoms with Crippen LogP contribution in [-0.2, 0) is 40.4 Å². The summed E-state index contributed by atoms with van der Waals surface area (Å²) in [5, 5.41) is 72.5. The van der Waals surface area contributed by atoms with Crippen LogP contribution < -0.4 is 178 Å². The van der Waals surface area contributed by atoms with Crippen molar-refractivity contribution in [1.29, 1.82) is 0 Å². The number of sulfonamides is 1. The molecule has 62 heavy (non-hydrogen) atoms. The molecular formula is C30H16N5Na5O18S4. The number of carbonyl (C=O) groups is 2. The Morgan fingerprint density at radius 1 is 0.532 bits per heavy atom. The van der Waals surface area contributed by atoms with E-state index in [2.05, 4.69) is 20.5 Å². The van der Waals surface area contributed by atoms with Crippen LogP contribution in [0, 0.1) is 0 Å². The zero-order chi connectivity index (χ0) is 42.4. The minimum atomic E-state index is -5.51. The number of rotatable bonds is 12. The number of carbonyl (C=O) groups excluding carboxylic acids is 2. The third kappa shape index (κ3) is 14.2. The van der Waals surface area contributed by atoms with Crippen LogP contribution in [0.5, 0.6) is 17.2 Å². The largest absolute Gasteiger partial charge is 1.00 e. The summed E-state index contributed by atoms with van der Waals surface area (Å²) in [5.41, 5.74) is -5.70. The van der Waals surface area contributed by atoms with Crippen molar-refractivity contribution in [3.05, 3.63) is 83.9 Å². The zero-order valence-corrected chi connectivity index (χ0v) is 45.6. The van der Waals surface area contributed by atoms with Gasteiger partial charge in [0.05, 0.1) is 44.5 Å². The Balaban J connectivity index is 0.00000744. The Hall–Kier alpha value is -1.62. The number of hydrogen-bond donors (Lipinski definition) is 4. The van der Waals surface area contributed by atoms with Gasteiger partial charge in [-0.05, 0) is 77.2 Å². The van der Waals surface area contributed by atoms with Crippen LogP contribution in [0.15, 0.2) is 113 Å². The van der Waals surface area contributed by atoms with E-state index in [-0.39, 0.29) is 153 Å². The summed E-state index contributed by atoms with van der Waals surface area (Å²) in [6.07, 6.45) is 0. The molecule has 4 N–H and O–H groups in total. The van der Waals surface area contributed by atoms with Crippen molar-refractivity contribution in [2.75, 3.05) is 4.72 Å². The molecule has 0 unspecified atom stereocenters. The first-order valence-electron chi connectivity index (χ1n) is 14.6. The summed E-state index contributed by atoms with van der Waals surface area (Å²) in [6.45, 7) is 0. The van der Waals surface area contributed by atoms with Crippen LogP contribution >= 0.6 is 0 Å². The van der Waals surface area contributed by atoms with E-state index in [0.717, 1.165) is 30.3 Å². The summed E-state index contributed by atoms with van der Waals surface area (Å²) in [7, 11) is -21.1. The van der Waals surface area contributed by atoms with E-state index in [0.29, 0.717) is 42.5 Å². The van der Waals surface area contributed by atoms with E-state index in [1.807, 2.05) is 0 Å². The van der Waals surface area contributed by atoms with Crippen LogP contribution in [-0.4, -0.2) is 59.3 Å². The van der Waals surface area contributed by atoms with Crippen molar-refractivity contribution in [3.63, 3.8) is 0 Å². The first kappa shape index (κ1) is 60.4. The van der Waals surface area contributed by atoms with Crippen molar-refractivity contribution >= 4 is 91.5 Å². The molecule has 0 aliphatic carbocycles. The van der Waals surface area contributed by atoms with Gasteiger partial charge in [-0.1, -0.05) is 29.4 Å². The second kappa shape index (κ2) is 23.2. The number of nitrogens with one attached hydrogen (secondary N) is 1. The molecule has 0 saturated carbocycles. The van der Waals surface area contributed by atoms with E-state index in [4.69, 9.17) is 0 Å². The summed E-state index contributed by atoms with van der Waals surface area (Å²) in [5.74, 6) is -7.63. The van der Waals surface area contributed by atoms with Gasteiger partial charge in [0.2, 0.25) is 0 Å². The van der Waals surface area contributed by atoms with E-state index < -0.39 is 134 Å². The number of fused-ring (bicyclic) bond motifs is 1. The molecule has 0 fully saturated rings. The molecule has 0 atom stereocenters. The minimum Gasteiger partial charge on any atom is -0.872 e. The number of anilines is 1. The summed E-state index contributed by atoms with van der Waals surface area (Å²) in [4.78, 5) is 18.0. The van der Waals surface area contributed by atoms with Crippen molar-refractivity contribution in [3.8, 4) is 17.2 Å². The molecule has 0 saturated heterocycles. The Labute approximate surface area is 460 Å². The minimum absolute atomic E-state index is 0. The van der Waals surface area contributed by atoms with Gasteiger partial charge in [0.15, 0.2) is 0 Å². The Morgan fingerprint density at radius 2 is 1.03 bits per heavy atom. The van der Waals surface area contributed by atoms with Gasteiger partial charge < -0.3 is 35.1 Å². The molecule has 0 radical (unpaired) electrons. The van der Waals surface area contributed by atoms with Crippen molar-refractivity contribution < 1.29 is 230 Å². The number of hydrogen-bond acceptors (Lipinski definition) is 19. The zero-order valence-electron chi connectivity index (χ0n) is 32.3. The van der Waals surface area contributed by atoms with Gasteiger partial charge in [-0.25, -0.2) is 8.42 Å². The third-order valence-corrected chi connectivity index (χ3v) is 11.3. The van der Waals surface area contributed by atoms with Crippen LogP contribution in [0.2, 0.25) is 0 Å². The topological polar surface area (TPSA) is 408 Å². The second-order valence-corrected chi connectivity index (χ2v) is 17.0. The number of carboxylic acid groups (broad SMARTS) is 2. The number of nitrogens with zero attached hydrogens (tertiary/aromatic N) is 4. The van der Waals surface area contributed by atoms with Crippen molar-refractivity contribution in [1.82, 2.24) is 0 Å². The van der Waals surface area contributed by atoms with E-state index in [9.17, 15) is 82.5 Å². The second-order valence-electron chi connectivity index (χ2n) is 11.1. The van der Waals surface area contributed by atoms with Gasteiger partial charge in [0, 0.05) is 5.39 Å². The molecule has 5 aromatic rings. The van der Waals surface area contributed by atoms with Crippen molar-refractivity contribution in [2.24, 2.45) is 20.5 Å². The van der Waals surface area contributed by atoms with Gasteiger partial charge in [0.25, 0.3) is 40.4 Å². The Morgan fingerprint density at radius 3 is 1.56 bits per heavy atom. The van der Waals surface area contributed by atoms with Crippen molar-refractivity contribution in [2.45, 2.75) is 19.6 Å². The number of carboxylic acids is 2. The SMILES string of the molecule is O=C([O-])c1cc(N=Nc2ccc(N=Nc3c(S(=O)(=O)O)cc4cc(S(=O)(=O)O)cc(NS(=O)(=O)c5ccc([O-])c(C(=O)[O-])c5)c4c3[O-])cc2S(=O)(=O)O)ccc1[O-].[Na+].[Na+].[Na+].[Na+].[Na+]. The summed E-state index contributed by atoms with van der Waals surface area (Å²) >= 11 is 0. The smallest absolute Gasteiger partial charge is 0.872 e. The molecule has 0 aliphatic rings. The first-order chi connectivity index (χ1) is 26.3. The first-order valence-corrected chi connectivity index (χ1v) is 20.4. The molecule has 5 rings (SSSR count). The molecule has 298 valence electrons. The molecule has 0 bridgehead atoms. The number of benzene rings is 5. The Kier molecular flexibility index (Phi) is 22.6. The molecule has 0 aromatic heterocycles. The van der Waals surface area contributed by atoms with Gasteiger partial charge in [-0.3, -0.25) is 18.4 Å². The van der Waals surface area contributed by atoms with Gasteiger partial charge in [-0.2, -0.15) is 35.5 Å². The molecule has 32 heteroatoms. The maximum atomic E-state index is 13.9. The standard InChI is InChI=1S/C30H21N5O18S4.5Na/c36-22-5-2-14(9-18(22)29(39)40)31-33-20-4-1-15(10-24(20)56(48,49)50)32-34-27-25(57(51,52)53)8-13-7-17(55(45,46)47)12-21(26(13)28(27)38)35-54(43,44)16-3-6-23(37)19(11-16)30(41)42;;;;;/h1-12,35-38H,(H,39,40)(H,41,42)(H,45,46,47)(H,48,49,50)(H,51,52,53);;;;;/q;5*+1/p-5. The monoisotopic (exact) mass is 977 g/mol. The van der Waals surface area contributed by atoms with Crippen LogP contribution in [0.25, 0.3) is 10.8 Å². The maximum absolute atomic E-state index is 13.9. The normalized spacial score (nSPS) is 11.7. The molecule has 0 heterocycles. The van der Waals surface area contributed by atoms with E-state index in [1.165, 1.54) is 0 Å². The molecule has 23 nitrogen and oxygen atoms in total. The molecular weight excluding hydrogens is 962 g/mol. The number of azo groups is 2. The Bertz CT molecular complexity index is 3100. The molecule has 0 amide bonds. The number of aromatic carboxylic acids is 2. The van der Waals surface area contributed by atoms with Gasteiger partial charge in [0.1, 0.15) is 15.5 Å². The van der Waals surface area contributed by atoms with Crippen LogP contribution in [0.4, 0.5) is 28.4 Å². The predicted molar refractivity (Wildman–Crippen MR) is 179 cm³/mol. The fraction of sp³-hybridized carbons (Fsp3) is 0. The quantitative estimate of drug-likeness (QED) is 0.0512. The van der Waals surface area contributed by atoms with Crippen LogP contribution in [0.1, 0.15) is 20.7 Å². The summed E-state index contributed by atoms with van der Waals surface area (Å²) < 4.78 is 131. The maximum Gasteiger partial charge on any atom is 1.00 e. The van der Waals surface area contributed by atoms with E-state index in [1.54, 1.807) is 4.72 Å². The average molecular weight is 978 g/mol. The van der Waals surface area contributed by atoms with E-state index >= 15 is 0 Å². The fourth-order valence-electron chi connectivity index (χ4n) is 4.82. The third-order valence-electron chi connectivity index (χ3n) is 7.35. The molecule has 0 spiro atoms. The molecule has 0 aliphatic heterocycles. The summed E-state index contributed by atoms with van der Waals surface area (Å²) in [6, 6.07) is 7.77. The van der Waals surface area contributed by atoms with Crippen LogP contribution in [0.3, 0.4) is 0 Å². The van der Waals surface area contributed by atoms with Gasteiger partial charge >= 0.3 is 148 Å². The average Bonchev–Trinajstić information content (AvgIpc) is 3.09. The predicted octanol–water partition coefficient (Wildman–Crippen LogP) is -14.8. The fourth-order valence-corrected chi connectivity index (χ4v) is 7.75. The van der Waals surface area contributed by atoms with Gasteiger partial charge in [-0.15, -0.1) is 10.2 Å². The molecule has 5 aromatic carbocycles.